The molecule has 1 heterocycles. The molecule has 0 aliphatic heterocycles. The van der Waals surface area contributed by atoms with Crippen molar-refractivity contribution in [3.63, 3.8) is 0 Å². The summed E-state index contributed by atoms with van der Waals surface area (Å²) >= 11 is 0. The minimum Gasteiger partial charge on any atom is -0.480 e. The van der Waals surface area contributed by atoms with Crippen LogP contribution in [-0.4, -0.2) is 24.4 Å². The first-order chi connectivity index (χ1) is 10.7. The maximum atomic E-state index is 12.0. The highest BCUT2D eigenvalue weighted by Crippen LogP contribution is 2.23. The zero-order chi connectivity index (χ0) is 15.9. The number of ether oxygens (including phenoxy) is 3. The number of rotatable bonds is 5. The Labute approximate surface area is 127 Å². The Bertz CT molecular complexity index is 693. The summed E-state index contributed by atoms with van der Waals surface area (Å²) < 4.78 is 16.7. The van der Waals surface area contributed by atoms with Crippen LogP contribution in [0.25, 0.3) is 0 Å². The average molecular weight is 303 g/mol. The van der Waals surface area contributed by atoms with Gasteiger partial charge < -0.3 is 14.2 Å². The molecule has 0 radical (unpaired) electrons. The largest absolute Gasteiger partial charge is 0.480 e. The van der Waals surface area contributed by atoms with Crippen LogP contribution in [-0.2, 0) is 11.3 Å². The minimum absolute atomic E-state index is 0.0156. The summed E-state index contributed by atoms with van der Waals surface area (Å²) in [6, 6.07) is 10.6. The molecule has 0 N–H and O–H groups in total. The van der Waals surface area contributed by atoms with E-state index in [-0.39, 0.29) is 30.3 Å². The number of hydrogen-bond donors (Lipinski definition) is 0. The number of pyridine rings is 1. The maximum absolute atomic E-state index is 12.0. The molecular formula is C16H17NO5. The maximum Gasteiger partial charge on any atom is 0.420 e. The van der Waals surface area contributed by atoms with Crippen LogP contribution in [0.2, 0.25) is 0 Å². The number of aromatic nitrogens is 1. The van der Waals surface area contributed by atoms with Crippen LogP contribution in [0.15, 0.2) is 47.4 Å². The van der Waals surface area contributed by atoms with Crippen molar-refractivity contribution in [2.45, 2.75) is 13.5 Å². The molecule has 1 aromatic carbocycles. The summed E-state index contributed by atoms with van der Waals surface area (Å²) in [4.78, 5) is 23.8. The molecule has 2 aromatic rings. The Balaban J connectivity index is 2.31. The van der Waals surface area contributed by atoms with Gasteiger partial charge in [0.25, 0.3) is 5.88 Å². The summed E-state index contributed by atoms with van der Waals surface area (Å²) in [6.07, 6.45) is 0.665. The fourth-order valence-electron chi connectivity index (χ4n) is 1.89. The lowest BCUT2D eigenvalue weighted by Crippen LogP contribution is -2.20. The first kappa shape index (κ1) is 15.6. The lowest BCUT2D eigenvalue weighted by Gasteiger charge is -2.14. The van der Waals surface area contributed by atoms with Crippen LogP contribution in [0.4, 0.5) is 4.79 Å². The van der Waals surface area contributed by atoms with Crippen LogP contribution in [0.1, 0.15) is 12.5 Å². The van der Waals surface area contributed by atoms with Gasteiger partial charge in [-0.1, -0.05) is 30.3 Å². The van der Waals surface area contributed by atoms with Crippen LogP contribution < -0.4 is 14.9 Å². The van der Waals surface area contributed by atoms with E-state index < -0.39 is 6.09 Å². The van der Waals surface area contributed by atoms with Crippen molar-refractivity contribution in [3.8, 4) is 11.6 Å². The van der Waals surface area contributed by atoms with E-state index >= 15 is 0 Å². The highest BCUT2D eigenvalue weighted by molar-refractivity contribution is 5.73. The molecule has 0 amide bonds. The summed E-state index contributed by atoms with van der Waals surface area (Å²) in [7, 11) is 1.36. The predicted octanol–water partition coefficient (Wildman–Crippen LogP) is 2.44. The lowest BCUT2D eigenvalue weighted by atomic mass is 10.2. The van der Waals surface area contributed by atoms with Gasteiger partial charge in [0, 0.05) is 12.3 Å². The Morgan fingerprint density at radius 2 is 1.91 bits per heavy atom. The molecule has 0 fully saturated rings. The van der Waals surface area contributed by atoms with Gasteiger partial charge in [-0.15, -0.1) is 0 Å². The van der Waals surface area contributed by atoms with Crippen LogP contribution in [0.5, 0.6) is 11.6 Å². The zero-order valence-electron chi connectivity index (χ0n) is 12.4. The number of benzene rings is 1. The number of carbonyl (C=O) groups excluding carboxylic acids is 1. The van der Waals surface area contributed by atoms with E-state index in [9.17, 15) is 9.59 Å². The first-order valence-corrected chi connectivity index (χ1v) is 6.80. The van der Waals surface area contributed by atoms with Crippen LogP contribution >= 0.6 is 0 Å². The fraction of sp³-hybridized carbons (Fsp3) is 0.250. The molecule has 0 atom stereocenters. The fourth-order valence-corrected chi connectivity index (χ4v) is 1.89. The van der Waals surface area contributed by atoms with Crippen molar-refractivity contribution in [1.29, 1.82) is 0 Å². The Kier molecular flexibility index (Phi) is 5.19. The summed E-state index contributed by atoms with van der Waals surface area (Å²) in [6.45, 7) is 2.10. The molecule has 6 nitrogen and oxygen atoms in total. The van der Waals surface area contributed by atoms with Crippen molar-refractivity contribution in [3.05, 3.63) is 58.4 Å². The van der Waals surface area contributed by atoms with E-state index in [1.54, 1.807) is 6.92 Å². The zero-order valence-corrected chi connectivity index (χ0v) is 12.4. The number of nitrogens with zero attached hydrogens (tertiary/aromatic N) is 1. The number of methoxy groups -OCH3 is 1. The van der Waals surface area contributed by atoms with Gasteiger partial charge >= 0.3 is 6.09 Å². The van der Waals surface area contributed by atoms with Gasteiger partial charge in [-0.05, 0) is 12.5 Å². The molecule has 0 aliphatic rings. The van der Waals surface area contributed by atoms with Gasteiger partial charge in [-0.3, -0.25) is 4.79 Å². The molecule has 6 heteroatoms. The summed E-state index contributed by atoms with van der Waals surface area (Å²) in [5.74, 6) is -0.0104. The molecule has 116 valence electrons. The molecule has 0 saturated heterocycles. The van der Waals surface area contributed by atoms with Crippen molar-refractivity contribution >= 4 is 6.09 Å². The molecule has 0 unspecified atom stereocenters. The second kappa shape index (κ2) is 7.31. The topological polar surface area (TPSA) is 66.8 Å². The third-order valence-electron chi connectivity index (χ3n) is 2.90. The molecule has 0 aliphatic carbocycles. The average Bonchev–Trinajstić information content (AvgIpc) is 2.54. The molecule has 22 heavy (non-hydrogen) atoms. The Morgan fingerprint density at radius 3 is 2.55 bits per heavy atom. The standard InChI is InChI=1S/C16H17NO5/c1-3-21-16(19)17-10-9-13(18)14(15(17)20-2)22-11-12-7-5-4-6-8-12/h4-10H,3,11H2,1-2H3. The van der Waals surface area contributed by atoms with Crippen molar-refractivity contribution in [2.75, 3.05) is 13.7 Å². The Morgan fingerprint density at radius 1 is 1.18 bits per heavy atom. The van der Waals surface area contributed by atoms with Gasteiger partial charge in [0.15, 0.2) is 0 Å². The molecule has 0 bridgehead atoms. The van der Waals surface area contributed by atoms with Crippen LogP contribution in [0, 0.1) is 0 Å². The number of carbonyl (C=O) groups is 1. The van der Waals surface area contributed by atoms with E-state index in [1.807, 2.05) is 30.3 Å². The van der Waals surface area contributed by atoms with Crippen molar-refractivity contribution in [2.24, 2.45) is 0 Å². The van der Waals surface area contributed by atoms with E-state index in [0.29, 0.717) is 0 Å². The molecule has 1 aromatic heterocycles. The monoisotopic (exact) mass is 303 g/mol. The third kappa shape index (κ3) is 3.46. The van der Waals surface area contributed by atoms with Gasteiger partial charge in [0.2, 0.25) is 11.2 Å². The molecular weight excluding hydrogens is 286 g/mol. The van der Waals surface area contributed by atoms with Gasteiger partial charge in [0.1, 0.15) is 6.61 Å². The highest BCUT2D eigenvalue weighted by atomic mass is 16.6. The van der Waals surface area contributed by atoms with Gasteiger partial charge in [-0.25, -0.2) is 9.36 Å². The van der Waals surface area contributed by atoms with Crippen molar-refractivity contribution in [1.82, 2.24) is 4.57 Å². The van der Waals surface area contributed by atoms with E-state index in [2.05, 4.69) is 0 Å². The summed E-state index contributed by atoms with van der Waals surface area (Å²) in [5, 5.41) is 0. The van der Waals surface area contributed by atoms with Gasteiger partial charge in [-0.2, -0.15) is 0 Å². The molecule has 0 spiro atoms. The normalized spacial score (nSPS) is 10.1. The van der Waals surface area contributed by atoms with E-state index in [4.69, 9.17) is 14.2 Å². The highest BCUT2D eigenvalue weighted by Gasteiger charge is 2.18. The predicted molar refractivity (Wildman–Crippen MR) is 80.4 cm³/mol. The minimum atomic E-state index is -0.635. The van der Waals surface area contributed by atoms with E-state index in [0.717, 1.165) is 10.1 Å². The van der Waals surface area contributed by atoms with Crippen LogP contribution in [0.3, 0.4) is 0 Å². The van der Waals surface area contributed by atoms with Gasteiger partial charge in [0.05, 0.1) is 13.7 Å². The quantitative estimate of drug-likeness (QED) is 0.848. The first-order valence-electron chi connectivity index (χ1n) is 6.80. The van der Waals surface area contributed by atoms with Crippen molar-refractivity contribution < 1.29 is 19.0 Å². The third-order valence-corrected chi connectivity index (χ3v) is 2.90. The number of hydrogen-bond acceptors (Lipinski definition) is 5. The lowest BCUT2D eigenvalue weighted by molar-refractivity contribution is 0.149. The SMILES string of the molecule is CCOC(=O)n1ccc(=O)c(OCc2ccccc2)c1OC. The summed E-state index contributed by atoms with van der Waals surface area (Å²) in [5.41, 5.74) is 0.531. The molecule has 2 rings (SSSR count). The van der Waals surface area contributed by atoms with E-state index in [1.165, 1.54) is 19.4 Å². The second-order valence-corrected chi connectivity index (χ2v) is 4.36. The Hall–Kier alpha value is -2.76. The second-order valence-electron chi connectivity index (χ2n) is 4.36. The molecule has 0 saturated carbocycles. The smallest absolute Gasteiger partial charge is 0.420 e.